The first-order valence-corrected chi connectivity index (χ1v) is 8.96. The Bertz CT molecular complexity index is 621. The molecule has 132 valence electrons. The van der Waals surface area contributed by atoms with Gasteiger partial charge in [0.05, 0.1) is 5.60 Å². The second-order valence-electron chi connectivity index (χ2n) is 7.57. The molecule has 0 atom stereocenters. The Morgan fingerprint density at radius 2 is 1.88 bits per heavy atom. The maximum atomic E-state index is 10.4. The number of guanidine groups is 1. The van der Waals surface area contributed by atoms with Crippen molar-refractivity contribution in [2.45, 2.75) is 56.0 Å². The largest absolute Gasteiger partial charge is 0.388 e. The number of nitrogens with zero attached hydrogens (tertiary/aromatic N) is 2. The van der Waals surface area contributed by atoms with E-state index in [0.29, 0.717) is 12.0 Å². The molecule has 0 unspecified atom stereocenters. The number of para-hydroxylation sites is 1. The third-order valence-corrected chi connectivity index (χ3v) is 6.11. The van der Waals surface area contributed by atoms with Crippen molar-refractivity contribution < 1.29 is 5.11 Å². The third kappa shape index (κ3) is 2.94. The lowest BCUT2D eigenvalue weighted by Crippen LogP contribution is -2.52. The van der Waals surface area contributed by atoms with Gasteiger partial charge in [0.15, 0.2) is 5.96 Å². The van der Waals surface area contributed by atoms with Crippen molar-refractivity contribution in [3.8, 4) is 0 Å². The molecule has 0 aromatic heterocycles. The number of aliphatic imine (C=N–C) groups is 1. The van der Waals surface area contributed by atoms with Gasteiger partial charge in [-0.15, -0.1) is 24.0 Å². The molecule has 1 spiro atoms. The molecule has 0 amide bonds. The van der Waals surface area contributed by atoms with Gasteiger partial charge in [-0.1, -0.05) is 31.0 Å². The van der Waals surface area contributed by atoms with E-state index in [9.17, 15) is 5.11 Å². The minimum Gasteiger partial charge on any atom is -0.388 e. The number of benzene rings is 1. The Morgan fingerprint density at radius 3 is 2.50 bits per heavy atom. The van der Waals surface area contributed by atoms with Crippen LogP contribution < -0.4 is 10.2 Å². The van der Waals surface area contributed by atoms with Crippen molar-refractivity contribution >= 4 is 35.6 Å². The summed E-state index contributed by atoms with van der Waals surface area (Å²) in [6.07, 6.45) is 8.15. The first-order valence-electron chi connectivity index (χ1n) is 8.96. The van der Waals surface area contributed by atoms with Gasteiger partial charge in [0.2, 0.25) is 0 Å². The molecule has 1 aliphatic heterocycles. The summed E-state index contributed by atoms with van der Waals surface area (Å²) in [5, 5.41) is 13.8. The number of aliphatic hydroxyl groups is 1. The fraction of sp³-hybridized carbons (Fsp3) is 0.632. The zero-order valence-electron chi connectivity index (χ0n) is 14.4. The number of halogens is 1. The molecule has 1 aromatic rings. The average Bonchev–Trinajstić information content (AvgIpc) is 3.14. The molecule has 1 heterocycles. The predicted octanol–water partition coefficient (Wildman–Crippen LogP) is 3.43. The summed E-state index contributed by atoms with van der Waals surface area (Å²) in [5.41, 5.74) is 2.56. The van der Waals surface area contributed by atoms with Gasteiger partial charge < -0.3 is 15.3 Å². The summed E-state index contributed by atoms with van der Waals surface area (Å²) < 4.78 is 0. The van der Waals surface area contributed by atoms with Crippen molar-refractivity contribution in [3.05, 3.63) is 29.8 Å². The molecule has 0 saturated heterocycles. The van der Waals surface area contributed by atoms with Crippen LogP contribution in [0.5, 0.6) is 0 Å². The maximum absolute atomic E-state index is 10.4. The van der Waals surface area contributed by atoms with Crippen LogP contribution in [0.1, 0.15) is 50.5 Å². The van der Waals surface area contributed by atoms with Gasteiger partial charge in [-0.2, -0.15) is 0 Å². The van der Waals surface area contributed by atoms with Gasteiger partial charge in [0, 0.05) is 31.2 Å². The zero-order valence-corrected chi connectivity index (χ0v) is 16.8. The summed E-state index contributed by atoms with van der Waals surface area (Å²) in [6.45, 7) is 1.62. The van der Waals surface area contributed by atoms with E-state index in [1.54, 1.807) is 0 Å². The minimum atomic E-state index is -0.528. The van der Waals surface area contributed by atoms with E-state index in [1.807, 2.05) is 7.05 Å². The molecule has 3 aliphatic rings. The molecule has 2 N–H and O–H groups in total. The van der Waals surface area contributed by atoms with E-state index in [4.69, 9.17) is 0 Å². The van der Waals surface area contributed by atoms with Crippen molar-refractivity contribution in [3.63, 3.8) is 0 Å². The van der Waals surface area contributed by atoms with E-state index in [0.717, 1.165) is 31.8 Å². The highest BCUT2D eigenvalue weighted by Gasteiger charge is 2.45. The zero-order chi connectivity index (χ0) is 15.9. The molecule has 2 aliphatic carbocycles. The Balaban J connectivity index is 0.00000169. The van der Waals surface area contributed by atoms with Gasteiger partial charge in [-0.25, -0.2) is 0 Å². The molecule has 4 nitrogen and oxygen atoms in total. The Hall–Kier alpha value is -0.820. The smallest absolute Gasteiger partial charge is 0.198 e. The van der Waals surface area contributed by atoms with Crippen LogP contribution in [0.25, 0.3) is 0 Å². The topological polar surface area (TPSA) is 47.9 Å². The van der Waals surface area contributed by atoms with Crippen LogP contribution >= 0.6 is 24.0 Å². The van der Waals surface area contributed by atoms with E-state index in [1.165, 1.54) is 36.9 Å². The monoisotopic (exact) mass is 441 g/mol. The van der Waals surface area contributed by atoms with Crippen LogP contribution in [0, 0.1) is 0 Å². The maximum Gasteiger partial charge on any atom is 0.198 e. The van der Waals surface area contributed by atoms with Crippen molar-refractivity contribution in [1.29, 1.82) is 0 Å². The molecule has 0 radical (unpaired) electrons. The molecule has 0 bridgehead atoms. The summed E-state index contributed by atoms with van der Waals surface area (Å²) in [7, 11) is 1.84. The van der Waals surface area contributed by atoms with E-state index >= 15 is 0 Å². The SMILES string of the molecule is CN=C(NCC1(O)CCC1)N1CC2(CCCC2)c2ccccc21.I. The van der Waals surface area contributed by atoms with E-state index in [-0.39, 0.29) is 24.0 Å². The lowest BCUT2D eigenvalue weighted by atomic mass is 9.80. The lowest BCUT2D eigenvalue weighted by Gasteiger charge is -2.38. The fourth-order valence-electron chi connectivity index (χ4n) is 4.60. The summed E-state index contributed by atoms with van der Waals surface area (Å²) in [4.78, 5) is 6.84. The first kappa shape index (κ1) is 18.0. The molecular formula is C19H28IN3O. The van der Waals surface area contributed by atoms with Gasteiger partial charge in [0.1, 0.15) is 0 Å². The third-order valence-electron chi connectivity index (χ3n) is 6.11. The van der Waals surface area contributed by atoms with Crippen LogP contribution in [0.15, 0.2) is 29.3 Å². The highest BCUT2D eigenvalue weighted by molar-refractivity contribution is 14.0. The number of anilines is 1. The van der Waals surface area contributed by atoms with Crippen molar-refractivity contribution in [2.75, 3.05) is 25.0 Å². The number of hydrogen-bond donors (Lipinski definition) is 2. The van der Waals surface area contributed by atoms with Crippen molar-refractivity contribution in [2.24, 2.45) is 4.99 Å². The Morgan fingerprint density at radius 1 is 1.17 bits per heavy atom. The molecule has 4 rings (SSSR count). The van der Waals surface area contributed by atoms with Crippen LogP contribution in [-0.2, 0) is 5.41 Å². The van der Waals surface area contributed by atoms with Gasteiger partial charge in [-0.05, 0) is 43.7 Å². The number of nitrogens with one attached hydrogen (secondary N) is 1. The van der Waals surface area contributed by atoms with Gasteiger partial charge in [0.25, 0.3) is 0 Å². The van der Waals surface area contributed by atoms with E-state index < -0.39 is 5.60 Å². The second-order valence-corrected chi connectivity index (χ2v) is 7.57. The average molecular weight is 441 g/mol. The van der Waals surface area contributed by atoms with Crippen LogP contribution in [0.2, 0.25) is 0 Å². The summed E-state index contributed by atoms with van der Waals surface area (Å²) in [5.74, 6) is 0.904. The number of rotatable bonds is 2. The second kappa shape index (κ2) is 6.83. The van der Waals surface area contributed by atoms with Gasteiger partial charge in [-0.3, -0.25) is 4.99 Å². The molecule has 2 saturated carbocycles. The van der Waals surface area contributed by atoms with Crippen molar-refractivity contribution in [1.82, 2.24) is 5.32 Å². The lowest BCUT2D eigenvalue weighted by molar-refractivity contribution is -0.0278. The van der Waals surface area contributed by atoms with Gasteiger partial charge >= 0.3 is 0 Å². The first-order chi connectivity index (χ1) is 11.2. The van der Waals surface area contributed by atoms with Crippen LogP contribution in [-0.4, -0.2) is 36.8 Å². The predicted molar refractivity (Wildman–Crippen MR) is 110 cm³/mol. The standard InChI is InChI=1S/C19H27N3O.HI/c1-20-17(21-13-19(23)11-6-12-19)22-14-18(9-4-5-10-18)15-7-2-3-8-16(15)22;/h2-3,7-8,23H,4-6,9-14H2,1H3,(H,20,21);1H. The van der Waals surface area contributed by atoms with Crippen LogP contribution in [0.4, 0.5) is 5.69 Å². The molecule has 5 heteroatoms. The molecular weight excluding hydrogens is 413 g/mol. The summed E-state index contributed by atoms with van der Waals surface area (Å²) >= 11 is 0. The Kier molecular flexibility index (Phi) is 5.12. The number of fused-ring (bicyclic) bond motifs is 2. The quantitative estimate of drug-likeness (QED) is 0.420. The van der Waals surface area contributed by atoms with E-state index in [2.05, 4.69) is 39.5 Å². The minimum absolute atomic E-state index is 0. The normalized spacial score (nSPS) is 23.6. The molecule has 2 fully saturated rings. The molecule has 1 aromatic carbocycles. The van der Waals surface area contributed by atoms with Crippen LogP contribution in [0.3, 0.4) is 0 Å². The highest BCUT2D eigenvalue weighted by atomic mass is 127. The number of hydrogen-bond acceptors (Lipinski definition) is 2. The molecule has 24 heavy (non-hydrogen) atoms. The Labute approximate surface area is 161 Å². The highest BCUT2D eigenvalue weighted by Crippen LogP contribution is 2.50. The summed E-state index contributed by atoms with van der Waals surface area (Å²) in [6, 6.07) is 8.79. The fourth-order valence-corrected chi connectivity index (χ4v) is 4.60.